The van der Waals surface area contributed by atoms with Crippen LogP contribution in [-0.4, -0.2) is 32.0 Å². The molecule has 1 aliphatic rings. The van der Waals surface area contributed by atoms with Crippen LogP contribution in [0.2, 0.25) is 0 Å². The average molecular weight is 267 g/mol. The van der Waals surface area contributed by atoms with Crippen molar-refractivity contribution >= 4 is 28.6 Å². The van der Waals surface area contributed by atoms with Crippen molar-refractivity contribution in [2.24, 2.45) is 4.99 Å². The van der Waals surface area contributed by atoms with Gasteiger partial charge in [0.25, 0.3) is 5.56 Å². The third-order valence-electron chi connectivity index (χ3n) is 2.56. The molecule has 0 aromatic carbocycles. The maximum atomic E-state index is 11.5. The summed E-state index contributed by atoms with van der Waals surface area (Å²) in [6.07, 6.45) is 1.53. The number of carboxylic acids is 1. The first-order chi connectivity index (χ1) is 8.40. The second kappa shape index (κ2) is 4.49. The molecule has 1 atom stereocenters. The van der Waals surface area contributed by atoms with Crippen molar-refractivity contribution in [3.05, 3.63) is 28.7 Å². The van der Waals surface area contributed by atoms with Crippen LogP contribution < -0.4 is 10.9 Å². The normalized spacial score (nSPS) is 21.4. The lowest BCUT2D eigenvalue weighted by atomic mass is 10.0. The van der Waals surface area contributed by atoms with Crippen LogP contribution in [0.5, 0.6) is 0 Å². The number of hydrogen-bond donors (Lipinski definition) is 3. The minimum atomic E-state index is -0.966. The predicted molar refractivity (Wildman–Crippen MR) is 71.2 cm³/mol. The summed E-state index contributed by atoms with van der Waals surface area (Å²) in [6.45, 7) is 3.62. The fraction of sp³-hybridized carbons (Fsp3) is 0.364. The van der Waals surface area contributed by atoms with Crippen LogP contribution in [0.1, 0.15) is 13.8 Å². The van der Waals surface area contributed by atoms with Crippen LogP contribution in [0.15, 0.2) is 28.1 Å². The molecule has 0 amide bonds. The summed E-state index contributed by atoms with van der Waals surface area (Å²) in [4.78, 5) is 29.2. The largest absolute Gasteiger partial charge is 0.480 e. The summed E-state index contributed by atoms with van der Waals surface area (Å²) < 4.78 is -0.532. The number of amidine groups is 1. The van der Waals surface area contributed by atoms with E-state index >= 15 is 0 Å². The van der Waals surface area contributed by atoms with E-state index in [9.17, 15) is 9.59 Å². The fourth-order valence-corrected chi connectivity index (χ4v) is 2.73. The summed E-state index contributed by atoms with van der Waals surface area (Å²) in [5.41, 5.74) is 0.0861. The lowest BCUT2D eigenvalue weighted by Crippen LogP contribution is -2.34. The molecule has 7 heteroatoms. The van der Waals surface area contributed by atoms with Crippen LogP contribution in [-0.2, 0) is 4.79 Å². The number of pyridine rings is 1. The van der Waals surface area contributed by atoms with E-state index in [2.05, 4.69) is 15.3 Å². The molecule has 0 aliphatic carbocycles. The summed E-state index contributed by atoms with van der Waals surface area (Å²) in [5.74, 6) is -0.966. The van der Waals surface area contributed by atoms with Gasteiger partial charge in [-0.1, -0.05) is 11.8 Å². The average Bonchev–Trinajstić information content (AvgIpc) is 2.57. The first kappa shape index (κ1) is 12.7. The number of thioether (sulfide) groups is 1. The number of carbonyl (C=O) groups is 1. The lowest BCUT2D eigenvalue weighted by molar-refractivity contribution is -0.138. The third-order valence-corrected chi connectivity index (χ3v) is 3.71. The molecule has 0 fully saturated rings. The number of nitrogens with zero attached hydrogens (tertiary/aromatic N) is 1. The highest BCUT2D eigenvalue weighted by molar-refractivity contribution is 8.15. The number of nitrogens with one attached hydrogen (secondary N) is 2. The Labute approximate surface area is 108 Å². The molecule has 0 bridgehead atoms. The van der Waals surface area contributed by atoms with Crippen LogP contribution >= 0.6 is 11.8 Å². The van der Waals surface area contributed by atoms with Crippen molar-refractivity contribution in [3.8, 4) is 0 Å². The number of H-pyrrole nitrogens is 1. The molecule has 0 saturated heterocycles. The maximum absolute atomic E-state index is 11.5. The number of hydrogen-bond acceptors (Lipinski definition) is 5. The molecule has 18 heavy (non-hydrogen) atoms. The van der Waals surface area contributed by atoms with E-state index in [0.717, 1.165) is 0 Å². The zero-order chi connectivity index (χ0) is 13.3. The van der Waals surface area contributed by atoms with Gasteiger partial charge in [-0.3, -0.25) is 4.79 Å². The van der Waals surface area contributed by atoms with Gasteiger partial charge in [0.15, 0.2) is 11.2 Å². The van der Waals surface area contributed by atoms with Crippen molar-refractivity contribution in [3.63, 3.8) is 0 Å². The Kier molecular flexibility index (Phi) is 3.16. The molecule has 3 N–H and O–H groups in total. The minimum Gasteiger partial charge on any atom is -0.480 e. The number of carboxylic acid groups (broad SMARTS) is 1. The van der Waals surface area contributed by atoms with E-state index in [4.69, 9.17) is 5.11 Å². The molecule has 6 nitrogen and oxygen atoms in total. The van der Waals surface area contributed by atoms with Crippen LogP contribution in [0, 0.1) is 0 Å². The molecule has 2 rings (SSSR count). The zero-order valence-corrected chi connectivity index (χ0v) is 10.7. The summed E-state index contributed by atoms with van der Waals surface area (Å²) in [5, 5.41) is 12.4. The molecule has 1 aromatic heterocycles. The topological polar surface area (TPSA) is 94.5 Å². The van der Waals surface area contributed by atoms with Crippen molar-refractivity contribution < 1.29 is 9.90 Å². The Balaban J connectivity index is 2.22. The Morgan fingerprint density at radius 2 is 2.33 bits per heavy atom. The van der Waals surface area contributed by atoms with Gasteiger partial charge in [0, 0.05) is 6.20 Å². The first-order valence-electron chi connectivity index (χ1n) is 5.34. The summed E-state index contributed by atoms with van der Waals surface area (Å²) >= 11 is 1.31. The highest BCUT2D eigenvalue weighted by atomic mass is 32.2. The quantitative estimate of drug-likeness (QED) is 0.746. The van der Waals surface area contributed by atoms with Crippen LogP contribution in [0.3, 0.4) is 0 Å². The van der Waals surface area contributed by atoms with Gasteiger partial charge < -0.3 is 15.4 Å². The first-order valence-corrected chi connectivity index (χ1v) is 6.16. The molecule has 0 spiro atoms. The number of aliphatic carboxylic acids is 1. The number of anilines is 1. The zero-order valence-electron chi connectivity index (χ0n) is 9.93. The Morgan fingerprint density at radius 1 is 1.61 bits per heavy atom. The molecule has 96 valence electrons. The fourth-order valence-electron chi connectivity index (χ4n) is 1.65. The van der Waals surface area contributed by atoms with Crippen LogP contribution in [0.25, 0.3) is 0 Å². The van der Waals surface area contributed by atoms with Gasteiger partial charge in [-0.05, 0) is 26.0 Å². The SMILES string of the molecule is CC1(C)SC(Nc2ccc[nH]c2=O)=N[C@H]1C(=O)O. The molecule has 0 unspecified atom stereocenters. The molecule has 0 saturated carbocycles. The highest BCUT2D eigenvalue weighted by Crippen LogP contribution is 2.37. The van der Waals surface area contributed by atoms with Crippen molar-refractivity contribution in [2.45, 2.75) is 24.6 Å². The van der Waals surface area contributed by atoms with Gasteiger partial charge in [0.1, 0.15) is 5.69 Å². The summed E-state index contributed by atoms with van der Waals surface area (Å²) in [7, 11) is 0. The van der Waals surface area contributed by atoms with Gasteiger partial charge >= 0.3 is 5.97 Å². The minimum absolute atomic E-state index is 0.266. The summed E-state index contributed by atoms with van der Waals surface area (Å²) in [6, 6.07) is 2.49. The van der Waals surface area contributed by atoms with Crippen molar-refractivity contribution in [2.75, 3.05) is 5.32 Å². The maximum Gasteiger partial charge on any atom is 0.329 e. The number of aromatic nitrogens is 1. The molecule has 0 radical (unpaired) electrons. The lowest BCUT2D eigenvalue weighted by Gasteiger charge is -2.20. The van der Waals surface area contributed by atoms with Crippen molar-refractivity contribution in [1.82, 2.24) is 4.98 Å². The van der Waals surface area contributed by atoms with Gasteiger partial charge in [0.05, 0.1) is 4.75 Å². The molecule has 1 aromatic rings. The van der Waals surface area contributed by atoms with Gasteiger partial charge in [-0.2, -0.15) is 0 Å². The molecule has 1 aliphatic heterocycles. The monoisotopic (exact) mass is 267 g/mol. The Hall–Kier alpha value is -1.76. The van der Waals surface area contributed by atoms with Gasteiger partial charge in [0.2, 0.25) is 0 Å². The van der Waals surface area contributed by atoms with E-state index in [1.165, 1.54) is 18.0 Å². The van der Waals surface area contributed by atoms with Crippen molar-refractivity contribution in [1.29, 1.82) is 0 Å². The Bertz CT molecular complexity index is 565. The van der Waals surface area contributed by atoms with E-state index in [-0.39, 0.29) is 5.56 Å². The molecule has 2 heterocycles. The highest BCUT2D eigenvalue weighted by Gasteiger charge is 2.42. The number of aliphatic imine (C=N–C) groups is 1. The smallest absolute Gasteiger partial charge is 0.329 e. The van der Waals surface area contributed by atoms with Crippen LogP contribution in [0.4, 0.5) is 5.69 Å². The van der Waals surface area contributed by atoms with Gasteiger partial charge in [-0.25, -0.2) is 9.79 Å². The number of aromatic amines is 1. The third kappa shape index (κ3) is 2.40. The van der Waals surface area contributed by atoms with E-state index in [1.54, 1.807) is 12.1 Å². The molecular formula is C11H13N3O3S. The second-order valence-corrected chi connectivity index (χ2v) is 6.06. The second-order valence-electron chi connectivity index (χ2n) is 4.42. The van der Waals surface area contributed by atoms with E-state index in [0.29, 0.717) is 10.9 Å². The van der Waals surface area contributed by atoms with E-state index < -0.39 is 16.8 Å². The standard InChI is InChI=1S/C11H13N3O3S/c1-11(2)7(9(16)17)14-10(18-11)13-6-4-3-5-12-8(6)15/h3-5,7H,1-2H3,(H,12,15)(H,13,14)(H,16,17)/t7-/m0/s1. The number of rotatable bonds is 2. The van der Waals surface area contributed by atoms with E-state index in [1.807, 2.05) is 13.8 Å². The Morgan fingerprint density at radius 3 is 2.89 bits per heavy atom. The molecular weight excluding hydrogens is 254 g/mol. The predicted octanol–water partition coefficient (Wildman–Crippen LogP) is 1.12. The van der Waals surface area contributed by atoms with Gasteiger partial charge in [-0.15, -0.1) is 0 Å².